The van der Waals surface area contributed by atoms with Gasteiger partial charge in [-0.3, -0.25) is 14.8 Å². The van der Waals surface area contributed by atoms with Gasteiger partial charge in [0.05, 0.1) is 11.1 Å². The molecule has 1 atom stereocenters. The average molecular weight is 382 g/mol. The number of nitrogens with zero attached hydrogens (tertiary/aromatic N) is 2. The minimum Gasteiger partial charge on any atom is -0.507 e. The van der Waals surface area contributed by atoms with Gasteiger partial charge in [0.15, 0.2) is 0 Å². The molecule has 4 rings (SSSR count). The predicted molar refractivity (Wildman–Crippen MR) is 102 cm³/mol. The second kappa shape index (κ2) is 6.84. The van der Waals surface area contributed by atoms with Gasteiger partial charge in [0.1, 0.15) is 11.4 Å². The van der Waals surface area contributed by atoms with Crippen molar-refractivity contribution in [3.05, 3.63) is 56.7 Å². The van der Waals surface area contributed by atoms with Gasteiger partial charge in [-0.1, -0.05) is 12.1 Å². The first kappa shape index (κ1) is 17.8. The number of hydrogen-bond donors (Lipinski definition) is 4. The molecule has 0 radical (unpaired) electrons. The van der Waals surface area contributed by atoms with Crippen LogP contribution in [0.25, 0.3) is 22.3 Å². The highest BCUT2D eigenvalue weighted by Crippen LogP contribution is 2.34. The maximum Gasteiger partial charge on any atom is 0.407 e. The zero-order chi connectivity index (χ0) is 19.8. The second-order valence-electron chi connectivity index (χ2n) is 6.81. The number of hydrogen-bond acceptors (Lipinski definition) is 5. The van der Waals surface area contributed by atoms with Crippen molar-refractivity contribution in [1.29, 1.82) is 0 Å². The van der Waals surface area contributed by atoms with Gasteiger partial charge in [-0.15, -0.1) is 0 Å². The van der Waals surface area contributed by atoms with Crippen LogP contribution < -0.4 is 11.2 Å². The fourth-order valence-electron chi connectivity index (χ4n) is 3.75. The van der Waals surface area contributed by atoms with E-state index < -0.39 is 17.3 Å². The number of amides is 1. The number of piperidine rings is 1. The molecule has 3 heterocycles. The first-order valence-electron chi connectivity index (χ1n) is 8.87. The molecule has 3 aromatic rings. The first-order valence-corrected chi connectivity index (χ1v) is 8.87. The summed E-state index contributed by atoms with van der Waals surface area (Å²) in [6, 6.07) is 8.32. The maximum absolute atomic E-state index is 12.5. The number of nitrogens with one attached hydrogen (secondary N) is 2. The van der Waals surface area contributed by atoms with Crippen molar-refractivity contribution in [2.45, 2.75) is 18.8 Å². The molecule has 1 saturated heterocycles. The Bertz CT molecular complexity index is 1180. The number of para-hydroxylation sites is 1. The Labute approximate surface area is 158 Å². The number of carboxylic acid groups (broad SMARTS) is 1. The number of rotatable bonds is 2. The summed E-state index contributed by atoms with van der Waals surface area (Å²) in [6.45, 7) is 0.682. The van der Waals surface area contributed by atoms with E-state index in [9.17, 15) is 24.6 Å². The van der Waals surface area contributed by atoms with Gasteiger partial charge in [-0.25, -0.2) is 14.6 Å². The van der Waals surface area contributed by atoms with E-state index in [2.05, 4.69) is 15.0 Å². The van der Waals surface area contributed by atoms with Crippen LogP contribution >= 0.6 is 0 Å². The smallest absolute Gasteiger partial charge is 0.407 e. The Hall–Kier alpha value is -3.62. The largest absolute Gasteiger partial charge is 0.507 e. The predicted octanol–water partition coefficient (Wildman–Crippen LogP) is 1.84. The van der Waals surface area contributed by atoms with E-state index in [-0.39, 0.29) is 29.2 Å². The van der Waals surface area contributed by atoms with E-state index in [1.165, 1.54) is 11.0 Å². The molecular weight excluding hydrogens is 364 g/mol. The number of aromatic amines is 2. The average Bonchev–Trinajstić information content (AvgIpc) is 2.67. The lowest BCUT2D eigenvalue weighted by Crippen LogP contribution is -2.38. The van der Waals surface area contributed by atoms with Crippen LogP contribution in [-0.4, -0.2) is 49.2 Å². The molecule has 0 aliphatic carbocycles. The molecule has 4 N–H and O–H groups in total. The number of H-pyrrole nitrogens is 2. The highest BCUT2D eigenvalue weighted by molar-refractivity contribution is 5.83. The molecule has 1 unspecified atom stereocenters. The Balaban J connectivity index is 1.95. The second-order valence-corrected chi connectivity index (χ2v) is 6.81. The molecule has 9 heteroatoms. The zero-order valence-corrected chi connectivity index (χ0v) is 14.8. The first-order chi connectivity index (χ1) is 13.4. The van der Waals surface area contributed by atoms with Gasteiger partial charge in [0.2, 0.25) is 0 Å². The van der Waals surface area contributed by atoms with Crippen molar-refractivity contribution in [1.82, 2.24) is 19.9 Å². The molecule has 144 valence electrons. The van der Waals surface area contributed by atoms with E-state index in [0.29, 0.717) is 36.2 Å². The number of fused-ring (bicyclic) bond motifs is 1. The Morgan fingerprint density at radius 2 is 2.00 bits per heavy atom. The number of pyridine rings is 1. The summed E-state index contributed by atoms with van der Waals surface area (Å²) in [7, 11) is 0. The van der Waals surface area contributed by atoms with E-state index in [1.54, 1.807) is 24.3 Å². The normalized spacial score (nSPS) is 17.0. The molecule has 28 heavy (non-hydrogen) atoms. The summed E-state index contributed by atoms with van der Waals surface area (Å²) < 4.78 is 0. The van der Waals surface area contributed by atoms with Crippen molar-refractivity contribution in [3.63, 3.8) is 0 Å². The van der Waals surface area contributed by atoms with Crippen molar-refractivity contribution in [3.8, 4) is 17.0 Å². The quantitative estimate of drug-likeness (QED) is 0.533. The Morgan fingerprint density at radius 1 is 1.21 bits per heavy atom. The lowest BCUT2D eigenvalue weighted by molar-refractivity contribution is 0.130. The lowest BCUT2D eigenvalue weighted by Gasteiger charge is -2.31. The number of aromatic nitrogens is 3. The van der Waals surface area contributed by atoms with Crippen LogP contribution in [0.2, 0.25) is 0 Å². The lowest BCUT2D eigenvalue weighted by atomic mass is 9.88. The van der Waals surface area contributed by atoms with Gasteiger partial charge < -0.3 is 15.1 Å². The standard InChI is InChI=1S/C19H18N4O5/c24-14-6-2-1-5-11(14)13-8-12(10-4-3-7-23(9-10)19(27)28)15-16(20-13)21-18(26)22-17(15)25/h1-2,5-6,8,10,24H,3-4,7,9H2,(H,27,28)(H2,20,21,22,25,26). The number of phenols is 1. The molecular formula is C19H18N4O5. The topological polar surface area (TPSA) is 139 Å². The summed E-state index contributed by atoms with van der Waals surface area (Å²) in [5.41, 5.74) is 0.314. The number of phenolic OH excluding ortho intramolecular Hbond substituents is 1. The van der Waals surface area contributed by atoms with Gasteiger partial charge >= 0.3 is 11.8 Å². The maximum atomic E-state index is 12.5. The third-order valence-corrected chi connectivity index (χ3v) is 5.05. The molecule has 1 aromatic carbocycles. The van der Waals surface area contributed by atoms with Crippen LogP contribution in [0.3, 0.4) is 0 Å². The molecule has 1 aliphatic rings. The van der Waals surface area contributed by atoms with E-state index in [1.807, 2.05) is 0 Å². The van der Waals surface area contributed by atoms with Crippen molar-refractivity contribution < 1.29 is 15.0 Å². The molecule has 2 aromatic heterocycles. The Kier molecular flexibility index (Phi) is 4.34. The van der Waals surface area contributed by atoms with Crippen LogP contribution in [-0.2, 0) is 0 Å². The van der Waals surface area contributed by atoms with Crippen molar-refractivity contribution in [2.75, 3.05) is 13.1 Å². The van der Waals surface area contributed by atoms with Crippen molar-refractivity contribution >= 4 is 17.1 Å². The Morgan fingerprint density at radius 3 is 2.75 bits per heavy atom. The van der Waals surface area contributed by atoms with Crippen LogP contribution in [0.1, 0.15) is 24.3 Å². The van der Waals surface area contributed by atoms with E-state index in [4.69, 9.17) is 0 Å². The van der Waals surface area contributed by atoms with Crippen LogP contribution in [0, 0.1) is 0 Å². The highest BCUT2D eigenvalue weighted by atomic mass is 16.4. The molecule has 0 saturated carbocycles. The van der Waals surface area contributed by atoms with Gasteiger partial charge in [0.25, 0.3) is 5.56 Å². The highest BCUT2D eigenvalue weighted by Gasteiger charge is 2.27. The van der Waals surface area contributed by atoms with Gasteiger partial charge in [0, 0.05) is 24.6 Å². The molecule has 0 spiro atoms. The number of aromatic hydroxyl groups is 1. The minimum atomic E-state index is -1.01. The number of benzene rings is 1. The molecule has 0 bridgehead atoms. The van der Waals surface area contributed by atoms with Crippen LogP contribution in [0.4, 0.5) is 4.79 Å². The molecule has 1 fully saturated rings. The minimum absolute atomic E-state index is 0.0169. The summed E-state index contributed by atoms with van der Waals surface area (Å²) in [5, 5.41) is 19.8. The summed E-state index contributed by atoms with van der Waals surface area (Å²) in [6.07, 6.45) is 0.349. The zero-order valence-electron chi connectivity index (χ0n) is 14.8. The van der Waals surface area contributed by atoms with Crippen molar-refractivity contribution in [2.24, 2.45) is 0 Å². The molecule has 1 amide bonds. The molecule has 1 aliphatic heterocycles. The number of carbonyl (C=O) groups is 1. The summed E-state index contributed by atoms with van der Waals surface area (Å²) >= 11 is 0. The monoisotopic (exact) mass is 382 g/mol. The van der Waals surface area contributed by atoms with E-state index in [0.717, 1.165) is 0 Å². The van der Waals surface area contributed by atoms with E-state index >= 15 is 0 Å². The fraction of sp³-hybridized carbons (Fsp3) is 0.263. The summed E-state index contributed by atoms with van der Waals surface area (Å²) in [4.78, 5) is 46.1. The van der Waals surface area contributed by atoms with Gasteiger partial charge in [-0.05, 0) is 36.6 Å². The SMILES string of the molecule is O=C(O)N1CCCC(c2cc(-c3ccccc3O)nc3[nH]c(=O)[nH]c(=O)c23)C1. The third-order valence-electron chi connectivity index (χ3n) is 5.05. The van der Waals surface area contributed by atoms with Crippen LogP contribution in [0.5, 0.6) is 5.75 Å². The third kappa shape index (κ3) is 3.11. The number of likely N-dealkylation sites (tertiary alicyclic amines) is 1. The summed E-state index contributed by atoms with van der Waals surface area (Å²) in [5.74, 6) is -0.213. The van der Waals surface area contributed by atoms with Crippen LogP contribution in [0.15, 0.2) is 39.9 Å². The fourth-order valence-corrected chi connectivity index (χ4v) is 3.75. The molecule has 9 nitrogen and oxygen atoms in total. The van der Waals surface area contributed by atoms with Gasteiger partial charge in [-0.2, -0.15) is 0 Å².